The Balaban J connectivity index is 1.50. The van der Waals surface area contributed by atoms with Crippen LogP contribution in [0.3, 0.4) is 0 Å². The van der Waals surface area contributed by atoms with Crippen LogP contribution < -0.4 is 10.1 Å². The van der Waals surface area contributed by atoms with E-state index in [-0.39, 0.29) is 11.9 Å². The van der Waals surface area contributed by atoms with E-state index in [2.05, 4.69) is 48.6 Å². The molecule has 30 heavy (non-hydrogen) atoms. The molecule has 1 aliphatic carbocycles. The number of hydrogen-bond donors (Lipinski definition) is 1. The lowest BCUT2D eigenvalue weighted by atomic mass is 9.92. The number of aryl methyl sites for hydroxylation is 3. The van der Waals surface area contributed by atoms with E-state index in [0.717, 1.165) is 29.7 Å². The van der Waals surface area contributed by atoms with Crippen LogP contribution in [0.5, 0.6) is 5.75 Å². The first-order valence-corrected chi connectivity index (χ1v) is 10.8. The first-order chi connectivity index (χ1) is 14.6. The molecule has 3 heteroatoms. The highest BCUT2D eigenvalue weighted by Gasteiger charge is 2.22. The van der Waals surface area contributed by atoms with Crippen molar-refractivity contribution in [2.45, 2.75) is 51.7 Å². The van der Waals surface area contributed by atoms with Gasteiger partial charge >= 0.3 is 0 Å². The summed E-state index contributed by atoms with van der Waals surface area (Å²) in [6, 6.07) is 24.4. The fourth-order valence-corrected chi connectivity index (χ4v) is 4.06. The van der Waals surface area contributed by atoms with Gasteiger partial charge < -0.3 is 10.1 Å². The summed E-state index contributed by atoms with van der Waals surface area (Å²) < 4.78 is 6.02. The van der Waals surface area contributed by atoms with Crippen molar-refractivity contribution in [2.24, 2.45) is 0 Å². The van der Waals surface area contributed by atoms with E-state index in [1.807, 2.05) is 43.3 Å². The van der Waals surface area contributed by atoms with Crippen molar-refractivity contribution in [1.82, 2.24) is 5.32 Å². The predicted octanol–water partition coefficient (Wildman–Crippen LogP) is 5.55. The summed E-state index contributed by atoms with van der Waals surface area (Å²) in [4.78, 5) is 13.0. The van der Waals surface area contributed by atoms with Gasteiger partial charge in [0.1, 0.15) is 5.75 Å². The average molecular weight is 400 g/mol. The van der Waals surface area contributed by atoms with Crippen LogP contribution in [-0.2, 0) is 17.6 Å². The Hall–Kier alpha value is -3.07. The van der Waals surface area contributed by atoms with E-state index in [1.54, 1.807) is 0 Å². The van der Waals surface area contributed by atoms with E-state index in [0.29, 0.717) is 0 Å². The molecule has 0 saturated heterocycles. The molecule has 1 N–H and O–H groups in total. The Labute approximate surface area is 179 Å². The number of rotatable bonds is 6. The molecule has 4 rings (SSSR count). The molecule has 0 radical (unpaired) electrons. The maximum absolute atomic E-state index is 13.0. The summed E-state index contributed by atoms with van der Waals surface area (Å²) in [5.74, 6) is 0.645. The van der Waals surface area contributed by atoms with Gasteiger partial charge in [-0.1, -0.05) is 66.2 Å². The van der Waals surface area contributed by atoms with Gasteiger partial charge in [0.05, 0.1) is 6.04 Å². The monoisotopic (exact) mass is 399 g/mol. The third-order valence-corrected chi connectivity index (χ3v) is 5.83. The Morgan fingerprint density at radius 3 is 2.27 bits per heavy atom. The van der Waals surface area contributed by atoms with Crippen molar-refractivity contribution in [1.29, 1.82) is 0 Å². The molecular formula is C27H29NO2. The SMILES string of the molecule is Cc1ccc([C@@H](NC(=O)[C@@H](C)Oc2ccc3c(c2)CCCC3)c2ccccc2)cc1. The van der Waals surface area contributed by atoms with Gasteiger partial charge in [-0.25, -0.2) is 0 Å². The molecule has 0 aliphatic heterocycles. The van der Waals surface area contributed by atoms with Gasteiger partial charge in [-0.05, 0) is 73.9 Å². The highest BCUT2D eigenvalue weighted by atomic mass is 16.5. The van der Waals surface area contributed by atoms with Crippen LogP contribution >= 0.6 is 0 Å². The Bertz CT molecular complexity index is 995. The topological polar surface area (TPSA) is 38.3 Å². The molecule has 1 aliphatic rings. The van der Waals surface area contributed by atoms with Crippen molar-refractivity contribution in [3.05, 3.63) is 101 Å². The fraction of sp³-hybridized carbons (Fsp3) is 0.296. The summed E-state index contributed by atoms with van der Waals surface area (Å²) in [7, 11) is 0. The van der Waals surface area contributed by atoms with Crippen molar-refractivity contribution in [3.8, 4) is 5.75 Å². The van der Waals surface area contributed by atoms with E-state index in [9.17, 15) is 4.79 Å². The number of amides is 1. The minimum absolute atomic E-state index is 0.123. The van der Waals surface area contributed by atoms with Crippen molar-refractivity contribution >= 4 is 5.91 Å². The number of fused-ring (bicyclic) bond motifs is 1. The van der Waals surface area contributed by atoms with E-state index >= 15 is 0 Å². The minimum Gasteiger partial charge on any atom is -0.481 e. The fourth-order valence-electron chi connectivity index (χ4n) is 4.06. The van der Waals surface area contributed by atoms with Crippen molar-refractivity contribution in [2.75, 3.05) is 0 Å². The maximum atomic E-state index is 13.0. The lowest BCUT2D eigenvalue weighted by Gasteiger charge is -2.23. The Morgan fingerprint density at radius 1 is 0.867 bits per heavy atom. The molecule has 3 aromatic rings. The number of hydrogen-bond acceptors (Lipinski definition) is 2. The third-order valence-electron chi connectivity index (χ3n) is 5.83. The minimum atomic E-state index is -0.580. The number of nitrogens with one attached hydrogen (secondary N) is 1. The van der Waals surface area contributed by atoms with Crippen LogP contribution in [0.25, 0.3) is 0 Å². The van der Waals surface area contributed by atoms with Gasteiger partial charge in [0.25, 0.3) is 5.91 Å². The average Bonchev–Trinajstić information content (AvgIpc) is 2.78. The second-order valence-corrected chi connectivity index (χ2v) is 8.16. The molecule has 0 fully saturated rings. The first kappa shape index (κ1) is 20.2. The third kappa shape index (κ3) is 4.73. The van der Waals surface area contributed by atoms with Gasteiger partial charge in [0, 0.05) is 0 Å². The molecule has 0 spiro atoms. The van der Waals surface area contributed by atoms with Gasteiger partial charge in [0.2, 0.25) is 0 Å². The normalized spacial score (nSPS) is 15.0. The summed E-state index contributed by atoms with van der Waals surface area (Å²) >= 11 is 0. The molecule has 2 atom stereocenters. The number of benzene rings is 3. The van der Waals surface area contributed by atoms with E-state index < -0.39 is 6.10 Å². The number of ether oxygens (including phenoxy) is 1. The predicted molar refractivity (Wildman–Crippen MR) is 121 cm³/mol. The van der Waals surface area contributed by atoms with Crippen LogP contribution in [0, 0.1) is 6.92 Å². The molecule has 154 valence electrons. The largest absolute Gasteiger partial charge is 0.481 e. The summed E-state index contributed by atoms with van der Waals surface area (Å²) in [6.07, 6.45) is 4.13. The molecule has 0 bridgehead atoms. The molecule has 0 unspecified atom stereocenters. The van der Waals surface area contributed by atoms with Crippen LogP contribution in [0.1, 0.15) is 53.6 Å². The van der Waals surface area contributed by atoms with Crippen molar-refractivity contribution in [3.63, 3.8) is 0 Å². The Morgan fingerprint density at radius 2 is 1.53 bits per heavy atom. The van der Waals surface area contributed by atoms with Gasteiger partial charge in [0.15, 0.2) is 6.10 Å². The van der Waals surface area contributed by atoms with Crippen molar-refractivity contribution < 1.29 is 9.53 Å². The molecular weight excluding hydrogens is 370 g/mol. The smallest absolute Gasteiger partial charge is 0.261 e. The molecule has 0 aromatic heterocycles. The van der Waals surface area contributed by atoms with Crippen LogP contribution in [0.4, 0.5) is 0 Å². The van der Waals surface area contributed by atoms with Crippen LogP contribution in [0.15, 0.2) is 72.8 Å². The van der Waals surface area contributed by atoms with Gasteiger partial charge in [-0.2, -0.15) is 0 Å². The number of carbonyl (C=O) groups is 1. The zero-order valence-corrected chi connectivity index (χ0v) is 17.7. The first-order valence-electron chi connectivity index (χ1n) is 10.8. The molecule has 0 saturated carbocycles. The summed E-state index contributed by atoms with van der Waals surface area (Å²) in [6.45, 7) is 3.88. The Kier molecular flexibility index (Phi) is 6.18. The van der Waals surface area contributed by atoms with Crippen LogP contribution in [0.2, 0.25) is 0 Å². The maximum Gasteiger partial charge on any atom is 0.261 e. The highest BCUT2D eigenvalue weighted by Crippen LogP contribution is 2.26. The van der Waals surface area contributed by atoms with Crippen LogP contribution in [-0.4, -0.2) is 12.0 Å². The van der Waals surface area contributed by atoms with E-state index in [1.165, 1.54) is 29.5 Å². The number of carbonyl (C=O) groups excluding carboxylic acids is 1. The van der Waals surface area contributed by atoms with Gasteiger partial charge in [-0.15, -0.1) is 0 Å². The highest BCUT2D eigenvalue weighted by molar-refractivity contribution is 5.81. The zero-order valence-electron chi connectivity index (χ0n) is 17.7. The summed E-state index contributed by atoms with van der Waals surface area (Å²) in [5.41, 5.74) is 6.07. The quantitative estimate of drug-likeness (QED) is 0.590. The molecule has 0 heterocycles. The standard InChI is InChI=1S/C27H29NO2/c1-19-12-14-23(15-13-19)26(22-9-4-3-5-10-22)28-27(29)20(2)30-25-17-16-21-8-6-7-11-24(21)18-25/h3-5,9-10,12-18,20,26H,6-8,11H2,1-2H3,(H,28,29)/t20-,26+/m1/s1. The molecule has 1 amide bonds. The van der Waals surface area contributed by atoms with Gasteiger partial charge in [-0.3, -0.25) is 4.79 Å². The second-order valence-electron chi connectivity index (χ2n) is 8.16. The molecule has 3 nitrogen and oxygen atoms in total. The second kappa shape index (κ2) is 9.17. The lowest BCUT2D eigenvalue weighted by molar-refractivity contribution is -0.127. The lowest BCUT2D eigenvalue weighted by Crippen LogP contribution is -2.39. The zero-order chi connectivity index (χ0) is 20.9. The summed E-state index contributed by atoms with van der Waals surface area (Å²) in [5, 5.41) is 3.19. The van der Waals surface area contributed by atoms with E-state index in [4.69, 9.17) is 4.74 Å². The molecule has 3 aromatic carbocycles.